The van der Waals surface area contributed by atoms with Gasteiger partial charge in [0.1, 0.15) is 29.6 Å². The number of hydrogen-bond acceptors (Lipinski definition) is 8. The maximum absolute atomic E-state index is 5.86. The molecule has 3 rings (SSSR count). The molecule has 144 valence electrons. The van der Waals surface area contributed by atoms with Crippen LogP contribution in [-0.4, -0.2) is 60.2 Å². The number of aromatic nitrogens is 4. The second-order valence-electron chi connectivity index (χ2n) is 5.62. The maximum atomic E-state index is 5.86. The normalized spacial score (nSPS) is 11.1. The van der Waals surface area contributed by atoms with E-state index in [0.29, 0.717) is 37.9 Å². The van der Waals surface area contributed by atoms with Gasteiger partial charge in [0.2, 0.25) is 0 Å². The van der Waals surface area contributed by atoms with Crippen LogP contribution in [0.15, 0.2) is 41.0 Å². The summed E-state index contributed by atoms with van der Waals surface area (Å²) in [6.45, 7) is 1.81. The van der Waals surface area contributed by atoms with Crippen LogP contribution in [0.3, 0.4) is 0 Å². The van der Waals surface area contributed by atoms with Crippen molar-refractivity contribution in [3.63, 3.8) is 0 Å². The zero-order chi connectivity index (χ0) is 19.1. The Morgan fingerprint density at radius 2 is 1.67 bits per heavy atom. The number of benzene rings is 1. The second kappa shape index (κ2) is 9.54. The molecule has 0 aliphatic rings. The fraction of sp³-hybridized carbons (Fsp3) is 0.389. The molecule has 0 amide bonds. The minimum Gasteiger partial charge on any atom is -0.487 e. The van der Waals surface area contributed by atoms with Crippen LogP contribution in [-0.2, 0) is 16.5 Å². The molecule has 1 aromatic carbocycles. The summed E-state index contributed by atoms with van der Waals surface area (Å²) in [5, 5.41) is 2.69. The zero-order valence-electron chi connectivity index (χ0n) is 15.5. The van der Waals surface area contributed by atoms with Crippen LogP contribution < -0.4 is 9.47 Å². The summed E-state index contributed by atoms with van der Waals surface area (Å²) in [5.41, 5.74) is 0.779. The van der Waals surface area contributed by atoms with E-state index in [9.17, 15) is 0 Å². The standard InChI is InChI=1S/C18H22N4O4S/c1-22-12-19-10-17(22)27-18-13-8-15(25-6-4-23-2)16(26-7-5-24-3)9-14(13)20-11-21-18/h8-12H,4-7H2,1-3H3. The molecule has 0 aliphatic heterocycles. The molecule has 0 fully saturated rings. The molecule has 0 unspecified atom stereocenters. The highest BCUT2D eigenvalue weighted by Crippen LogP contribution is 2.37. The van der Waals surface area contributed by atoms with Crippen molar-refractivity contribution in [3.05, 3.63) is 31.0 Å². The molecule has 27 heavy (non-hydrogen) atoms. The summed E-state index contributed by atoms with van der Waals surface area (Å²) >= 11 is 1.52. The summed E-state index contributed by atoms with van der Waals surface area (Å²) in [7, 11) is 5.21. The lowest BCUT2D eigenvalue weighted by Gasteiger charge is -2.14. The molecule has 0 saturated carbocycles. The van der Waals surface area contributed by atoms with Crippen molar-refractivity contribution in [1.29, 1.82) is 0 Å². The van der Waals surface area contributed by atoms with Crippen molar-refractivity contribution in [2.45, 2.75) is 10.1 Å². The average Bonchev–Trinajstić information content (AvgIpc) is 3.07. The molecular weight excluding hydrogens is 368 g/mol. The molecule has 0 N–H and O–H groups in total. The molecular formula is C18H22N4O4S. The fourth-order valence-electron chi connectivity index (χ4n) is 2.36. The van der Waals surface area contributed by atoms with Gasteiger partial charge in [0.15, 0.2) is 11.5 Å². The Bertz CT molecular complexity index is 887. The topological polar surface area (TPSA) is 80.5 Å². The minimum absolute atomic E-state index is 0.417. The van der Waals surface area contributed by atoms with Crippen molar-refractivity contribution in [1.82, 2.24) is 19.5 Å². The lowest BCUT2D eigenvalue weighted by atomic mass is 10.2. The number of methoxy groups -OCH3 is 2. The van der Waals surface area contributed by atoms with Crippen LogP contribution in [0.1, 0.15) is 0 Å². The monoisotopic (exact) mass is 390 g/mol. The molecule has 0 atom stereocenters. The smallest absolute Gasteiger partial charge is 0.163 e. The summed E-state index contributed by atoms with van der Waals surface area (Å²) < 4.78 is 23.7. The van der Waals surface area contributed by atoms with Gasteiger partial charge >= 0.3 is 0 Å². The van der Waals surface area contributed by atoms with E-state index in [2.05, 4.69) is 15.0 Å². The summed E-state index contributed by atoms with van der Waals surface area (Å²) in [5.74, 6) is 1.24. The van der Waals surface area contributed by atoms with E-state index >= 15 is 0 Å². The molecule has 0 aliphatic carbocycles. The molecule has 8 nitrogen and oxygen atoms in total. The van der Waals surface area contributed by atoms with Gasteiger partial charge in [-0.05, 0) is 17.8 Å². The van der Waals surface area contributed by atoms with E-state index in [0.717, 1.165) is 21.0 Å². The van der Waals surface area contributed by atoms with Gasteiger partial charge in [-0.2, -0.15) is 0 Å². The number of ether oxygens (including phenoxy) is 4. The SMILES string of the molecule is COCCOc1cc2ncnc(Sc3cncn3C)c2cc1OCCOC. The van der Waals surface area contributed by atoms with Crippen LogP contribution in [0.2, 0.25) is 0 Å². The van der Waals surface area contributed by atoms with Crippen molar-refractivity contribution in [2.75, 3.05) is 40.6 Å². The average molecular weight is 390 g/mol. The van der Waals surface area contributed by atoms with Crippen LogP contribution in [0.4, 0.5) is 0 Å². The Balaban J connectivity index is 1.95. The highest BCUT2D eigenvalue weighted by atomic mass is 32.2. The third-order valence-electron chi connectivity index (χ3n) is 3.73. The van der Waals surface area contributed by atoms with Gasteiger partial charge in [0.25, 0.3) is 0 Å². The predicted octanol–water partition coefficient (Wildman–Crippen LogP) is 2.56. The number of hydrogen-bond donors (Lipinski definition) is 0. The predicted molar refractivity (Wildman–Crippen MR) is 102 cm³/mol. The molecule has 0 radical (unpaired) electrons. The number of fused-ring (bicyclic) bond motifs is 1. The summed E-state index contributed by atoms with van der Waals surface area (Å²) in [4.78, 5) is 13.0. The van der Waals surface area contributed by atoms with Crippen LogP contribution in [0.5, 0.6) is 11.5 Å². The van der Waals surface area contributed by atoms with Gasteiger partial charge in [-0.1, -0.05) is 0 Å². The van der Waals surface area contributed by atoms with Crippen molar-refractivity contribution >= 4 is 22.7 Å². The van der Waals surface area contributed by atoms with Gasteiger partial charge in [0.05, 0.1) is 31.3 Å². The van der Waals surface area contributed by atoms with Crippen molar-refractivity contribution in [3.8, 4) is 11.5 Å². The fourth-order valence-corrected chi connectivity index (χ4v) is 3.24. The van der Waals surface area contributed by atoms with Crippen molar-refractivity contribution in [2.24, 2.45) is 7.05 Å². The first-order valence-electron chi connectivity index (χ1n) is 8.39. The zero-order valence-corrected chi connectivity index (χ0v) is 16.4. The Labute approximate surface area is 161 Å². The highest BCUT2D eigenvalue weighted by Gasteiger charge is 2.14. The van der Waals surface area contributed by atoms with E-state index in [4.69, 9.17) is 18.9 Å². The van der Waals surface area contributed by atoms with Crippen LogP contribution in [0, 0.1) is 0 Å². The summed E-state index contributed by atoms with van der Waals surface area (Å²) in [6.07, 6.45) is 5.11. The largest absolute Gasteiger partial charge is 0.487 e. The first kappa shape index (κ1) is 19.4. The second-order valence-corrected chi connectivity index (χ2v) is 6.63. The Kier molecular flexibility index (Phi) is 6.86. The third-order valence-corrected chi connectivity index (χ3v) is 4.85. The van der Waals surface area contributed by atoms with E-state index in [1.165, 1.54) is 11.8 Å². The van der Waals surface area contributed by atoms with Gasteiger partial charge in [-0.3, -0.25) is 0 Å². The quantitative estimate of drug-likeness (QED) is 0.386. The molecule has 2 aromatic heterocycles. The van der Waals surface area contributed by atoms with Gasteiger partial charge in [-0.25, -0.2) is 15.0 Å². The highest BCUT2D eigenvalue weighted by molar-refractivity contribution is 7.99. The van der Waals surface area contributed by atoms with Crippen LogP contribution in [0.25, 0.3) is 10.9 Å². The van der Waals surface area contributed by atoms with E-state index in [1.54, 1.807) is 33.1 Å². The Morgan fingerprint density at radius 1 is 0.963 bits per heavy atom. The van der Waals surface area contributed by atoms with Gasteiger partial charge < -0.3 is 23.5 Å². The molecule has 2 heterocycles. The van der Waals surface area contributed by atoms with Gasteiger partial charge in [-0.15, -0.1) is 0 Å². The lowest BCUT2D eigenvalue weighted by Crippen LogP contribution is -2.08. The van der Waals surface area contributed by atoms with Crippen LogP contribution >= 0.6 is 11.8 Å². The Hall–Kier alpha value is -2.36. The number of rotatable bonds is 10. The first-order valence-corrected chi connectivity index (χ1v) is 9.21. The lowest BCUT2D eigenvalue weighted by molar-refractivity contribution is 0.132. The maximum Gasteiger partial charge on any atom is 0.163 e. The first-order chi connectivity index (χ1) is 13.2. The van der Waals surface area contributed by atoms with E-state index in [1.807, 2.05) is 23.7 Å². The van der Waals surface area contributed by atoms with E-state index in [-0.39, 0.29) is 0 Å². The number of imidazole rings is 1. The molecule has 0 spiro atoms. The minimum atomic E-state index is 0.417. The van der Waals surface area contributed by atoms with Crippen molar-refractivity contribution < 1.29 is 18.9 Å². The number of aryl methyl sites for hydroxylation is 1. The summed E-state index contributed by atoms with van der Waals surface area (Å²) in [6, 6.07) is 3.77. The molecule has 3 aromatic rings. The molecule has 0 saturated heterocycles. The molecule has 0 bridgehead atoms. The Morgan fingerprint density at radius 3 is 2.30 bits per heavy atom. The number of nitrogens with zero attached hydrogens (tertiary/aromatic N) is 4. The third kappa shape index (κ3) is 4.88. The van der Waals surface area contributed by atoms with Gasteiger partial charge in [0, 0.05) is 32.7 Å². The molecule has 9 heteroatoms. The van der Waals surface area contributed by atoms with E-state index < -0.39 is 0 Å².